The van der Waals surface area contributed by atoms with Crippen LogP contribution in [0, 0.1) is 5.92 Å². The summed E-state index contributed by atoms with van der Waals surface area (Å²) in [5.41, 5.74) is 2.15. The topological polar surface area (TPSA) is 23.6 Å². The Balaban J connectivity index is 0.00000116. The molecule has 1 aliphatic rings. The molecule has 3 heteroatoms. The summed E-state index contributed by atoms with van der Waals surface area (Å²) in [6, 6.07) is 8.18. The first-order valence-electron chi connectivity index (χ1n) is 8.64. The Kier molecular flexibility index (Phi) is 8.36. The molecule has 1 aromatic rings. The van der Waals surface area contributed by atoms with Crippen LogP contribution >= 0.6 is 0 Å². The van der Waals surface area contributed by atoms with Gasteiger partial charge in [-0.1, -0.05) is 52.0 Å². The normalized spacial score (nSPS) is 17.5. The molecule has 0 amide bonds. The minimum Gasteiger partial charge on any atom is -0.304 e. The number of hydrogen-bond donors (Lipinski definition) is 0. The Hall–Kier alpha value is -1.19. The van der Waals surface area contributed by atoms with Crippen LogP contribution in [0.25, 0.3) is 0 Å². The van der Waals surface area contributed by atoms with Crippen LogP contribution in [-0.2, 0) is 6.54 Å². The van der Waals surface area contributed by atoms with Gasteiger partial charge in [0, 0.05) is 44.2 Å². The zero-order valence-corrected chi connectivity index (χ0v) is 14.9. The van der Waals surface area contributed by atoms with Crippen molar-refractivity contribution in [3.8, 4) is 0 Å². The molecule has 2 rings (SSSR count). The van der Waals surface area contributed by atoms with E-state index < -0.39 is 0 Å². The second-order valence-corrected chi connectivity index (χ2v) is 5.95. The lowest BCUT2D eigenvalue weighted by atomic mass is 9.96. The van der Waals surface area contributed by atoms with E-state index in [-0.39, 0.29) is 11.7 Å². The molecule has 0 N–H and O–H groups in total. The molecule has 1 aliphatic heterocycles. The van der Waals surface area contributed by atoms with Gasteiger partial charge >= 0.3 is 0 Å². The monoisotopic (exact) mass is 304 g/mol. The van der Waals surface area contributed by atoms with Crippen LogP contribution in [0.5, 0.6) is 0 Å². The molecule has 3 nitrogen and oxygen atoms in total. The van der Waals surface area contributed by atoms with Gasteiger partial charge < -0.3 is 4.90 Å². The van der Waals surface area contributed by atoms with E-state index in [1.807, 2.05) is 32.9 Å². The van der Waals surface area contributed by atoms with Gasteiger partial charge in [-0.3, -0.25) is 9.69 Å². The Morgan fingerprint density at radius 1 is 1.09 bits per heavy atom. The van der Waals surface area contributed by atoms with Gasteiger partial charge in [-0.25, -0.2) is 0 Å². The van der Waals surface area contributed by atoms with E-state index in [4.69, 9.17) is 0 Å². The van der Waals surface area contributed by atoms with E-state index in [1.54, 1.807) is 0 Å². The number of hydrogen-bond acceptors (Lipinski definition) is 3. The number of carbonyl (C=O) groups excluding carboxylic acids is 1. The number of rotatable bonds is 5. The van der Waals surface area contributed by atoms with Crippen molar-refractivity contribution < 1.29 is 4.79 Å². The van der Waals surface area contributed by atoms with Crippen LogP contribution in [0.4, 0.5) is 0 Å². The largest absolute Gasteiger partial charge is 0.304 e. The zero-order valence-electron chi connectivity index (χ0n) is 14.9. The first-order chi connectivity index (χ1) is 10.6. The average Bonchev–Trinajstić information content (AvgIpc) is 2.58. The molecule has 0 radical (unpaired) electrons. The summed E-state index contributed by atoms with van der Waals surface area (Å²) in [4.78, 5) is 16.9. The Morgan fingerprint density at radius 3 is 2.14 bits per heavy atom. The average molecular weight is 304 g/mol. The molecule has 1 fully saturated rings. The van der Waals surface area contributed by atoms with Crippen molar-refractivity contribution in [3.05, 3.63) is 35.4 Å². The zero-order chi connectivity index (χ0) is 16.5. The van der Waals surface area contributed by atoms with Crippen molar-refractivity contribution in [2.45, 2.75) is 40.7 Å². The molecule has 0 aromatic heterocycles. The number of benzene rings is 1. The number of Topliss-reactive ketones (excluding diaryl/α,β-unsaturated/α-hetero) is 1. The summed E-state index contributed by atoms with van der Waals surface area (Å²) in [6.07, 6.45) is 0.905. The van der Waals surface area contributed by atoms with Gasteiger partial charge in [-0.2, -0.15) is 0 Å². The van der Waals surface area contributed by atoms with Crippen molar-refractivity contribution in [2.24, 2.45) is 5.92 Å². The molecule has 124 valence electrons. The summed E-state index contributed by atoms with van der Waals surface area (Å²) in [5, 5.41) is 0. The first kappa shape index (κ1) is 18.9. The van der Waals surface area contributed by atoms with Crippen molar-refractivity contribution in [2.75, 3.05) is 33.2 Å². The Labute approximate surface area is 136 Å². The number of ketones is 1. The van der Waals surface area contributed by atoms with Crippen LogP contribution in [0.15, 0.2) is 24.3 Å². The van der Waals surface area contributed by atoms with Gasteiger partial charge in [0.2, 0.25) is 0 Å². The maximum atomic E-state index is 12.1. The summed E-state index contributed by atoms with van der Waals surface area (Å²) < 4.78 is 0. The lowest BCUT2D eigenvalue weighted by molar-refractivity contribution is 0.0927. The lowest BCUT2D eigenvalue weighted by Gasteiger charge is -2.32. The van der Waals surface area contributed by atoms with Crippen molar-refractivity contribution in [1.29, 1.82) is 0 Å². The van der Waals surface area contributed by atoms with Crippen molar-refractivity contribution in [1.82, 2.24) is 9.80 Å². The fourth-order valence-electron chi connectivity index (χ4n) is 2.51. The summed E-state index contributed by atoms with van der Waals surface area (Å²) in [5.74, 6) is 0.386. The maximum Gasteiger partial charge on any atom is 0.165 e. The van der Waals surface area contributed by atoms with Gasteiger partial charge in [-0.05, 0) is 19.0 Å². The van der Waals surface area contributed by atoms with Gasteiger partial charge in [0.25, 0.3) is 0 Å². The van der Waals surface area contributed by atoms with Crippen molar-refractivity contribution >= 4 is 5.78 Å². The molecule has 1 aromatic carbocycles. The van der Waals surface area contributed by atoms with Crippen LogP contribution in [0.1, 0.15) is 50.0 Å². The molecule has 0 aliphatic carbocycles. The van der Waals surface area contributed by atoms with Crippen LogP contribution in [0.2, 0.25) is 0 Å². The predicted molar refractivity (Wildman–Crippen MR) is 94.3 cm³/mol. The quantitative estimate of drug-likeness (QED) is 0.775. The lowest BCUT2D eigenvalue weighted by Crippen LogP contribution is -2.43. The van der Waals surface area contributed by atoms with Gasteiger partial charge in [0.15, 0.2) is 5.78 Å². The van der Waals surface area contributed by atoms with Crippen LogP contribution in [-0.4, -0.2) is 48.8 Å². The molecular formula is C19H32N2O. The van der Waals surface area contributed by atoms with Crippen LogP contribution < -0.4 is 0 Å². The van der Waals surface area contributed by atoms with E-state index in [1.165, 1.54) is 5.56 Å². The third kappa shape index (κ3) is 5.54. The third-order valence-electron chi connectivity index (χ3n) is 4.30. The molecule has 1 atom stereocenters. The highest BCUT2D eigenvalue weighted by atomic mass is 16.1. The minimum absolute atomic E-state index is 0.124. The smallest absolute Gasteiger partial charge is 0.165 e. The first-order valence-corrected chi connectivity index (χ1v) is 8.64. The molecule has 0 spiro atoms. The van der Waals surface area contributed by atoms with Gasteiger partial charge in [0.05, 0.1) is 0 Å². The van der Waals surface area contributed by atoms with E-state index in [2.05, 4.69) is 35.9 Å². The fraction of sp³-hybridized carbons (Fsp3) is 0.632. The van der Waals surface area contributed by atoms with Crippen LogP contribution in [0.3, 0.4) is 0 Å². The number of nitrogens with zero attached hydrogens (tertiary/aromatic N) is 2. The summed E-state index contributed by atoms with van der Waals surface area (Å²) in [7, 11) is 2.17. The standard InChI is InChI=1S/C17H26N2O.C2H6/c1-4-14(2)17(20)16-7-5-15(6-8-16)13-19-11-9-18(3)10-12-19;1-2/h5-8,14H,4,9-13H2,1-3H3;1-2H3. The molecule has 0 bridgehead atoms. The van der Waals surface area contributed by atoms with E-state index in [0.717, 1.165) is 44.7 Å². The van der Waals surface area contributed by atoms with E-state index in [9.17, 15) is 4.79 Å². The van der Waals surface area contributed by atoms with E-state index in [0.29, 0.717) is 0 Å². The van der Waals surface area contributed by atoms with E-state index >= 15 is 0 Å². The number of piperazine rings is 1. The molecule has 0 saturated carbocycles. The molecule has 22 heavy (non-hydrogen) atoms. The fourth-order valence-corrected chi connectivity index (χ4v) is 2.51. The molecule has 1 unspecified atom stereocenters. The van der Waals surface area contributed by atoms with Gasteiger partial charge in [-0.15, -0.1) is 0 Å². The van der Waals surface area contributed by atoms with Crippen molar-refractivity contribution in [3.63, 3.8) is 0 Å². The SMILES string of the molecule is CC.CCC(C)C(=O)c1ccc(CN2CCN(C)CC2)cc1. The highest BCUT2D eigenvalue weighted by molar-refractivity contribution is 5.97. The number of likely N-dealkylation sites (N-methyl/N-ethyl adjacent to an activating group) is 1. The predicted octanol–water partition coefficient (Wildman–Crippen LogP) is 3.69. The van der Waals surface area contributed by atoms with Gasteiger partial charge in [0.1, 0.15) is 0 Å². The minimum atomic E-state index is 0.124. The number of carbonyl (C=O) groups is 1. The highest BCUT2D eigenvalue weighted by Gasteiger charge is 2.15. The molecule has 1 saturated heterocycles. The Bertz CT molecular complexity index is 433. The summed E-state index contributed by atoms with van der Waals surface area (Å²) in [6.45, 7) is 13.6. The second-order valence-electron chi connectivity index (χ2n) is 5.95. The molecule has 1 heterocycles. The maximum absolute atomic E-state index is 12.1. The second kappa shape index (κ2) is 9.75. The third-order valence-corrected chi connectivity index (χ3v) is 4.30. The highest BCUT2D eigenvalue weighted by Crippen LogP contribution is 2.14. The summed E-state index contributed by atoms with van der Waals surface area (Å²) >= 11 is 0. The molecular weight excluding hydrogens is 272 g/mol. The Morgan fingerprint density at radius 2 is 1.64 bits per heavy atom.